The molecule has 1 heteroatoms. The van der Waals surface area contributed by atoms with Gasteiger partial charge in [0.25, 0.3) is 0 Å². The summed E-state index contributed by atoms with van der Waals surface area (Å²) in [7, 11) is 0. The fourth-order valence-corrected chi connectivity index (χ4v) is 3.99. The number of ketones is 1. The van der Waals surface area contributed by atoms with Gasteiger partial charge in [-0.2, -0.15) is 0 Å². The lowest BCUT2D eigenvalue weighted by atomic mass is 9.71. The number of rotatable bonds is 0. The lowest BCUT2D eigenvalue weighted by molar-refractivity contribution is -0.132. The summed E-state index contributed by atoms with van der Waals surface area (Å²) in [6, 6.07) is 0. The predicted molar refractivity (Wildman–Crippen MR) is 46.7 cm³/mol. The third-order valence-corrected chi connectivity index (χ3v) is 4.57. The normalized spacial score (nSPS) is 43.2. The molecular weight excluding hydrogens is 148 g/mol. The van der Waals surface area contributed by atoms with Gasteiger partial charge in [-0.25, -0.2) is 0 Å². The van der Waals surface area contributed by atoms with Crippen molar-refractivity contribution in [2.45, 2.75) is 44.9 Å². The van der Waals surface area contributed by atoms with Crippen LogP contribution >= 0.6 is 0 Å². The van der Waals surface area contributed by atoms with Crippen LogP contribution in [0.15, 0.2) is 0 Å². The highest BCUT2D eigenvalue weighted by atomic mass is 16.1. The van der Waals surface area contributed by atoms with Crippen molar-refractivity contribution in [3.8, 4) is 0 Å². The summed E-state index contributed by atoms with van der Waals surface area (Å²) in [6.45, 7) is 0. The molecule has 0 N–H and O–H groups in total. The van der Waals surface area contributed by atoms with E-state index in [2.05, 4.69) is 0 Å². The van der Waals surface area contributed by atoms with Crippen LogP contribution in [-0.2, 0) is 4.79 Å². The van der Waals surface area contributed by atoms with Gasteiger partial charge in [-0.05, 0) is 38.0 Å². The summed E-state index contributed by atoms with van der Waals surface area (Å²) < 4.78 is 0. The van der Waals surface area contributed by atoms with Crippen molar-refractivity contribution in [2.24, 2.45) is 17.3 Å². The van der Waals surface area contributed by atoms with E-state index in [1.54, 1.807) is 0 Å². The van der Waals surface area contributed by atoms with E-state index in [-0.39, 0.29) is 5.41 Å². The molecule has 1 nitrogen and oxygen atoms in total. The number of hydrogen-bond donors (Lipinski definition) is 0. The van der Waals surface area contributed by atoms with Crippen molar-refractivity contribution in [3.05, 3.63) is 0 Å². The lowest BCUT2D eigenvalue weighted by Gasteiger charge is -2.31. The van der Waals surface area contributed by atoms with Gasteiger partial charge in [0.05, 0.1) is 0 Å². The molecule has 0 aromatic carbocycles. The lowest BCUT2D eigenvalue weighted by Crippen LogP contribution is -2.33. The third kappa shape index (κ3) is 0.641. The highest BCUT2D eigenvalue weighted by molar-refractivity contribution is 5.90. The summed E-state index contributed by atoms with van der Waals surface area (Å²) in [5.74, 6) is 1.96. The standard InChI is InChI=1S/C11H16O/c12-10-8-3-4-9(7-8)11(10)5-1-2-6-11/h8-9H,1-7H2/t8-,9+/m0/s1. The zero-order valence-corrected chi connectivity index (χ0v) is 7.51. The average molecular weight is 164 g/mol. The molecule has 66 valence electrons. The van der Waals surface area contributed by atoms with Gasteiger partial charge in [0.2, 0.25) is 0 Å². The Bertz CT molecular complexity index is 225. The quantitative estimate of drug-likeness (QED) is 0.537. The van der Waals surface area contributed by atoms with Crippen molar-refractivity contribution in [3.63, 3.8) is 0 Å². The number of carbonyl (C=O) groups is 1. The summed E-state index contributed by atoms with van der Waals surface area (Å²) in [5.41, 5.74) is 0.225. The fourth-order valence-electron chi connectivity index (χ4n) is 3.99. The molecule has 0 aliphatic heterocycles. The minimum Gasteiger partial charge on any atom is -0.299 e. The van der Waals surface area contributed by atoms with E-state index in [1.807, 2.05) is 0 Å². The van der Waals surface area contributed by atoms with Crippen LogP contribution in [0.5, 0.6) is 0 Å². The minimum absolute atomic E-state index is 0.225. The molecule has 0 saturated heterocycles. The second kappa shape index (κ2) is 2.12. The van der Waals surface area contributed by atoms with Crippen molar-refractivity contribution in [1.82, 2.24) is 0 Å². The minimum atomic E-state index is 0.225. The Balaban J connectivity index is 1.99. The average Bonchev–Trinajstić information content (AvgIpc) is 2.75. The highest BCUT2D eigenvalue weighted by Crippen LogP contribution is 2.60. The number of hydrogen-bond acceptors (Lipinski definition) is 1. The SMILES string of the molecule is O=C1[C@H]2CC[C@H](C2)C12CCCC2. The van der Waals surface area contributed by atoms with Gasteiger partial charge in [-0.15, -0.1) is 0 Å². The molecule has 3 fully saturated rings. The Hall–Kier alpha value is -0.330. The van der Waals surface area contributed by atoms with E-state index in [0.717, 1.165) is 5.92 Å². The molecule has 12 heavy (non-hydrogen) atoms. The molecule has 0 aromatic rings. The van der Waals surface area contributed by atoms with E-state index in [9.17, 15) is 4.79 Å². The Morgan fingerprint density at radius 2 is 1.92 bits per heavy atom. The molecule has 0 radical (unpaired) electrons. The Morgan fingerprint density at radius 3 is 2.50 bits per heavy atom. The molecular formula is C11H16O. The van der Waals surface area contributed by atoms with E-state index in [4.69, 9.17) is 0 Å². The zero-order chi connectivity index (χ0) is 8.18. The maximum absolute atomic E-state index is 12.0. The van der Waals surface area contributed by atoms with E-state index >= 15 is 0 Å². The van der Waals surface area contributed by atoms with Crippen LogP contribution in [-0.4, -0.2) is 5.78 Å². The first-order valence-electron chi connectivity index (χ1n) is 5.37. The Morgan fingerprint density at radius 1 is 1.17 bits per heavy atom. The fraction of sp³-hybridized carbons (Fsp3) is 0.909. The Kier molecular flexibility index (Phi) is 1.26. The third-order valence-electron chi connectivity index (χ3n) is 4.57. The topological polar surface area (TPSA) is 17.1 Å². The summed E-state index contributed by atoms with van der Waals surface area (Å²) in [6.07, 6.45) is 8.91. The van der Waals surface area contributed by atoms with Gasteiger partial charge < -0.3 is 0 Å². The van der Waals surface area contributed by atoms with Gasteiger partial charge in [0.15, 0.2) is 0 Å². The van der Waals surface area contributed by atoms with Gasteiger partial charge >= 0.3 is 0 Å². The van der Waals surface area contributed by atoms with Crippen LogP contribution in [0.1, 0.15) is 44.9 Å². The summed E-state index contributed by atoms with van der Waals surface area (Å²) in [4.78, 5) is 12.0. The van der Waals surface area contributed by atoms with Gasteiger partial charge in [-0.1, -0.05) is 12.8 Å². The molecule has 2 atom stereocenters. The van der Waals surface area contributed by atoms with Crippen molar-refractivity contribution in [2.75, 3.05) is 0 Å². The molecule has 3 aliphatic rings. The molecule has 1 spiro atoms. The maximum Gasteiger partial charge on any atom is 0.142 e. The van der Waals surface area contributed by atoms with Crippen molar-refractivity contribution >= 4 is 5.78 Å². The Labute approximate surface area is 73.5 Å². The molecule has 3 aliphatic carbocycles. The molecule has 3 rings (SSSR count). The van der Waals surface area contributed by atoms with Crippen LogP contribution in [0.2, 0.25) is 0 Å². The molecule has 2 bridgehead atoms. The van der Waals surface area contributed by atoms with Crippen LogP contribution in [0.3, 0.4) is 0 Å². The zero-order valence-electron chi connectivity index (χ0n) is 7.51. The second-order valence-corrected chi connectivity index (χ2v) is 4.93. The molecule has 0 amide bonds. The van der Waals surface area contributed by atoms with Crippen molar-refractivity contribution < 1.29 is 4.79 Å². The van der Waals surface area contributed by atoms with Gasteiger partial charge in [-0.3, -0.25) is 4.79 Å². The highest BCUT2D eigenvalue weighted by Gasteiger charge is 2.58. The summed E-state index contributed by atoms with van der Waals surface area (Å²) in [5, 5.41) is 0. The van der Waals surface area contributed by atoms with E-state index < -0.39 is 0 Å². The molecule has 0 unspecified atom stereocenters. The first kappa shape index (κ1) is 7.11. The number of carbonyl (C=O) groups excluding carboxylic acids is 1. The second-order valence-electron chi connectivity index (χ2n) is 4.93. The first-order valence-corrected chi connectivity index (χ1v) is 5.37. The van der Waals surface area contributed by atoms with Crippen LogP contribution in [0.4, 0.5) is 0 Å². The van der Waals surface area contributed by atoms with Crippen LogP contribution < -0.4 is 0 Å². The largest absolute Gasteiger partial charge is 0.299 e. The van der Waals surface area contributed by atoms with Crippen molar-refractivity contribution in [1.29, 1.82) is 0 Å². The molecule has 0 heterocycles. The maximum atomic E-state index is 12.0. The summed E-state index contributed by atoms with van der Waals surface area (Å²) >= 11 is 0. The van der Waals surface area contributed by atoms with E-state index in [0.29, 0.717) is 11.7 Å². The molecule has 3 saturated carbocycles. The van der Waals surface area contributed by atoms with Gasteiger partial charge in [0, 0.05) is 11.3 Å². The van der Waals surface area contributed by atoms with Crippen LogP contribution in [0.25, 0.3) is 0 Å². The van der Waals surface area contributed by atoms with E-state index in [1.165, 1.54) is 44.9 Å². The van der Waals surface area contributed by atoms with Crippen LogP contribution in [0, 0.1) is 17.3 Å². The molecule has 0 aromatic heterocycles. The van der Waals surface area contributed by atoms with Gasteiger partial charge in [0.1, 0.15) is 5.78 Å². The number of fused-ring (bicyclic) bond motifs is 3. The first-order chi connectivity index (χ1) is 5.83. The smallest absolute Gasteiger partial charge is 0.142 e. The number of Topliss-reactive ketones (excluding diaryl/α,β-unsaturated/α-hetero) is 1. The monoisotopic (exact) mass is 164 g/mol. The predicted octanol–water partition coefficient (Wildman–Crippen LogP) is 2.55.